The molecule has 2 unspecified atom stereocenters. The van der Waals surface area contributed by atoms with Crippen LogP contribution in [0.25, 0.3) is 0 Å². The normalized spacial score (nSPS) is 32.1. The number of hydrogen-bond acceptors (Lipinski definition) is 4. The average molecular weight is 462 g/mol. The van der Waals surface area contributed by atoms with Gasteiger partial charge in [-0.25, -0.2) is 9.18 Å². The third-order valence-electron chi connectivity index (χ3n) is 7.72. The van der Waals surface area contributed by atoms with E-state index in [1.807, 2.05) is 0 Å². The van der Waals surface area contributed by atoms with Gasteiger partial charge in [0.15, 0.2) is 0 Å². The first-order valence-electron chi connectivity index (χ1n) is 12.0. The average Bonchev–Trinajstić information content (AvgIpc) is 3.45. The van der Waals surface area contributed by atoms with E-state index in [1.54, 1.807) is 6.07 Å². The zero-order valence-electron chi connectivity index (χ0n) is 18.6. The fourth-order valence-electron chi connectivity index (χ4n) is 6.24. The van der Waals surface area contributed by atoms with Crippen LogP contribution in [0.2, 0.25) is 0 Å². The van der Waals surface area contributed by atoms with Gasteiger partial charge in [0.25, 0.3) is 5.91 Å². The number of fused-ring (bicyclic) bond motifs is 2. The summed E-state index contributed by atoms with van der Waals surface area (Å²) in [6, 6.07) is 2.09. The molecule has 3 aliphatic carbocycles. The Bertz CT molecular complexity index is 886. The van der Waals surface area contributed by atoms with Gasteiger partial charge >= 0.3 is 5.97 Å². The van der Waals surface area contributed by atoms with Gasteiger partial charge in [0.05, 0.1) is 18.0 Å². The Hall–Kier alpha value is -1.76. The predicted molar refractivity (Wildman–Crippen MR) is 122 cm³/mol. The summed E-state index contributed by atoms with van der Waals surface area (Å²) in [5.74, 6) is 2.21. The second kappa shape index (κ2) is 8.88. The number of halogens is 1. The second-order valence-electron chi connectivity index (χ2n) is 10.5. The number of carboxylic acid groups (broad SMARTS) is 1. The monoisotopic (exact) mass is 461 g/mol. The lowest BCUT2D eigenvalue weighted by Crippen LogP contribution is -2.42. The molecule has 1 saturated heterocycles. The van der Waals surface area contributed by atoms with Crippen molar-refractivity contribution in [2.45, 2.75) is 63.8 Å². The van der Waals surface area contributed by atoms with Crippen molar-refractivity contribution in [1.82, 2.24) is 4.90 Å². The highest BCUT2D eigenvalue weighted by Gasteiger charge is 2.38. The van der Waals surface area contributed by atoms with Crippen LogP contribution in [0, 0.1) is 29.5 Å². The molecular formula is C25H32FNO4S. The van der Waals surface area contributed by atoms with Crippen LogP contribution >= 0.6 is 11.8 Å². The van der Waals surface area contributed by atoms with Crippen LogP contribution in [-0.4, -0.2) is 46.2 Å². The maximum atomic E-state index is 15.1. The molecule has 1 aromatic rings. The zero-order chi connectivity index (χ0) is 22.4. The minimum atomic E-state index is -1.04. The first-order chi connectivity index (χ1) is 15.4. The maximum absolute atomic E-state index is 15.1. The van der Waals surface area contributed by atoms with E-state index in [1.165, 1.54) is 54.8 Å². The highest BCUT2D eigenvalue weighted by Crippen LogP contribution is 2.47. The molecule has 4 aliphatic rings. The number of benzene rings is 1. The SMILES string of the molecule is CC1CC2CC(COc3cc(F)c(C(=O)N4CSC[C@@H]4C(=O)O)cc3C3CC3)CC(C1)C2. The lowest BCUT2D eigenvalue weighted by molar-refractivity contribution is -0.140. The van der Waals surface area contributed by atoms with E-state index in [-0.39, 0.29) is 11.4 Å². The Morgan fingerprint density at radius 1 is 1.16 bits per heavy atom. The molecular weight excluding hydrogens is 429 g/mol. The van der Waals surface area contributed by atoms with Crippen molar-refractivity contribution in [2.24, 2.45) is 23.7 Å². The van der Waals surface area contributed by atoms with Crippen LogP contribution in [0.1, 0.15) is 73.7 Å². The van der Waals surface area contributed by atoms with Gasteiger partial charge < -0.3 is 14.7 Å². The van der Waals surface area contributed by atoms with E-state index >= 15 is 4.39 Å². The van der Waals surface area contributed by atoms with E-state index in [0.29, 0.717) is 29.9 Å². The van der Waals surface area contributed by atoms with E-state index in [9.17, 15) is 14.7 Å². The van der Waals surface area contributed by atoms with Gasteiger partial charge in [-0.3, -0.25) is 4.79 Å². The molecule has 3 saturated carbocycles. The summed E-state index contributed by atoms with van der Waals surface area (Å²) in [6.07, 6.45) is 8.40. The molecule has 5 nitrogen and oxygen atoms in total. The van der Waals surface area contributed by atoms with Gasteiger partial charge in [-0.15, -0.1) is 11.8 Å². The lowest BCUT2D eigenvalue weighted by Gasteiger charge is -2.41. The van der Waals surface area contributed by atoms with Gasteiger partial charge in [0.1, 0.15) is 17.6 Å². The second-order valence-corrected chi connectivity index (χ2v) is 11.5. The van der Waals surface area contributed by atoms with Crippen LogP contribution in [0.15, 0.2) is 12.1 Å². The molecule has 1 amide bonds. The van der Waals surface area contributed by atoms with Crippen LogP contribution in [-0.2, 0) is 4.79 Å². The number of rotatable bonds is 6. The molecule has 2 bridgehead atoms. The first kappa shape index (κ1) is 22.1. The van der Waals surface area contributed by atoms with Gasteiger partial charge in [0, 0.05) is 11.8 Å². The van der Waals surface area contributed by atoms with Crippen molar-refractivity contribution in [3.8, 4) is 5.75 Å². The summed E-state index contributed by atoms with van der Waals surface area (Å²) in [7, 11) is 0. The molecule has 5 rings (SSSR count). The van der Waals surface area contributed by atoms with Gasteiger partial charge in [-0.05, 0) is 86.2 Å². The highest BCUT2D eigenvalue weighted by atomic mass is 32.2. The maximum Gasteiger partial charge on any atom is 0.327 e. The van der Waals surface area contributed by atoms with Crippen molar-refractivity contribution in [3.05, 3.63) is 29.1 Å². The number of nitrogens with zero attached hydrogens (tertiary/aromatic N) is 1. The predicted octanol–water partition coefficient (Wildman–Crippen LogP) is 5.14. The number of carbonyl (C=O) groups excluding carboxylic acids is 1. The third kappa shape index (κ3) is 4.50. The van der Waals surface area contributed by atoms with Crippen LogP contribution in [0.5, 0.6) is 5.75 Å². The molecule has 1 aromatic carbocycles. The van der Waals surface area contributed by atoms with Crippen LogP contribution < -0.4 is 4.74 Å². The minimum absolute atomic E-state index is 0.0332. The molecule has 0 aromatic heterocycles. The Labute approximate surface area is 193 Å². The number of carbonyl (C=O) groups is 2. The smallest absolute Gasteiger partial charge is 0.327 e. The minimum Gasteiger partial charge on any atom is -0.493 e. The highest BCUT2D eigenvalue weighted by molar-refractivity contribution is 7.99. The molecule has 4 fully saturated rings. The molecule has 32 heavy (non-hydrogen) atoms. The number of amides is 1. The molecule has 3 atom stereocenters. The number of thioether (sulfide) groups is 1. The number of carboxylic acids is 1. The van der Waals surface area contributed by atoms with Crippen molar-refractivity contribution in [3.63, 3.8) is 0 Å². The fourth-order valence-corrected chi connectivity index (χ4v) is 7.39. The Kier molecular flexibility index (Phi) is 6.12. The fraction of sp³-hybridized carbons (Fsp3) is 0.680. The van der Waals surface area contributed by atoms with Gasteiger partial charge in [0.2, 0.25) is 0 Å². The van der Waals surface area contributed by atoms with Crippen molar-refractivity contribution in [1.29, 1.82) is 0 Å². The van der Waals surface area contributed by atoms with Gasteiger partial charge in [-0.2, -0.15) is 0 Å². The summed E-state index contributed by atoms with van der Waals surface area (Å²) in [6.45, 7) is 2.97. The summed E-state index contributed by atoms with van der Waals surface area (Å²) in [5.41, 5.74) is 0.868. The summed E-state index contributed by atoms with van der Waals surface area (Å²) in [4.78, 5) is 25.7. The molecule has 1 heterocycles. The molecule has 0 radical (unpaired) electrons. The van der Waals surface area contributed by atoms with Crippen molar-refractivity contribution in [2.75, 3.05) is 18.2 Å². The van der Waals surface area contributed by atoms with E-state index in [2.05, 4.69) is 6.92 Å². The van der Waals surface area contributed by atoms with E-state index in [0.717, 1.165) is 36.2 Å². The molecule has 174 valence electrons. The number of aliphatic carboxylic acids is 1. The van der Waals surface area contributed by atoms with E-state index < -0.39 is 23.7 Å². The Morgan fingerprint density at radius 3 is 2.53 bits per heavy atom. The Morgan fingerprint density at radius 2 is 1.88 bits per heavy atom. The zero-order valence-corrected chi connectivity index (χ0v) is 19.4. The molecule has 1 aliphatic heterocycles. The number of hydrogen-bond donors (Lipinski definition) is 1. The summed E-state index contributed by atoms with van der Waals surface area (Å²) < 4.78 is 21.3. The lowest BCUT2D eigenvalue weighted by atomic mass is 9.65. The quantitative estimate of drug-likeness (QED) is 0.635. The third-order valence-corrected chi connectivity index (χ3v) is 8.73. The Balaban J connectivity index is 1.31. The van der Waals surface area contributed by atoms with E-state index in [4.69, 9.17) is 4.74 Å². The first-order valence-corrected chi connectivity index (χ1v) is 13.1. The molecule has 7 heteroatoms. The summed E-state index contributed by atoms with van der Waals surface area (Å²) >= 11 is 1.38. The molecule has 0 spiro atoms. The topological polar surface area (TPSA) is 66.8 Å². The standard InChI is InChI=1S/C25H32FNO4S/c1-14-4-15-6-16(5-14)8-17(7-15)11-31-23-10-21(26)20(9-19(23)18-2-3-18)24(28)27-13-32-12-22(27)25(29)30/h9-10,14-18,22H,2-8,11-13H2,1H3,(H,29,30)/t14?,15?,16?,17?,22-/m1/s1. The largest absolute Gasteiger partial charge is 0.493 e. The molecule has 1 N–H and O–H groups in total. The van der Waals surface area contributed by atoms with Crippen LogP contribution in [0.4, 0.5) is 4.39 Å². The summed E-state index contributed by atoms with van der Waals surface area (Å²) in [5, 5.41) is 9.39. The van der Waals surface area contributed by atoms with Crippen molar-refractivity contribution >= 4 is 23.6 Å². The van der Waals surface area contributed by atoms with Crippen LogP contribution in [0.3, 0.4) is 0 Å². The number of ether oxygens (including phenoxy) is 1. The van der Waals surface area contributed by atoms with Gasteiger partial charge in [-0.1, -0.05) is 6.92 Å². The van der Waals surface area contributed by atoms with Crippen molar-refractivity contribution < 1.29 is 23.8 Å².